The van der Waals surface area contributed by atoms with Gasteiger partial charge in [-0.1, -0.05) is 6.92 Å². The second kappa shape index (κ2) is 5.23. The lowest BCUT2D eigenvalue weighted by molar-refractivity contribution is 0.566. The highest BCUT2D eigenvalue weighted by atomic mass is 32.1. The van der Waals surface area contributed by atoms with Crippen LogP contribution in [0, 0.1) is 0 Å². The van der Waals surface area contributed by atoms with Crippen molar-refractivity contribution in [3.8, 4) is 0 Å². The van der Waals surface area contributed by atoms with Crippen molar-refractivity contribution in [1.82, 2.24) is 19.9 Å². The summed E-state index contributed by atoms with van der Waals surface area (Å²) < 4.78 is 2.18. The fraction of sp³-hybridized carbons (Fsp3) is 0.455. The van der Waals surface area contributed by atoms with E-state index in [2.05, 4.69) is 26.8 Å². The molecule has 0 saturated carbocycles. The Bertz CT molecular complexity index is 421. The Hall–Kier alpha value is -1.20. The first-order valence-electron chi connectivity index (χ1n) is 5.34. The number of nitrogens with zero attached hydrogens (tertiary/aromatic N) is 3. The van der Waals surface area contributed by atoms with Crippen molar-refractivity contribution in [2.45, 2.75) is 25.9 Å². The van der Waals surface area contributed by atoms with E-state index < -0.39 is 0 Å². The van der Waals surface area contributed by atoms with Gasteiger partial charge in [0, 0.05) is 36.8 Å². The van der Waals surface area contributed by atoms with Crippen LogP contribution in [0.25, 0.3) is 0 Å². The van der Waals surface area contributed by atoms with Gasteiger partial charge in [0.1, 0.15) is 0 Å². The molecule has 0 amide bonds. The molecular weight excluding hydrogens is 220 g/mol. The van der Waals surface area contributed by atoms with Gasteiger partial charge >= 0.3 is 0 Å². The van der Waals surface area contributed by atoms with Crippen molar-refractivity contribution in [1.29, 1.82) is 0 Å². The Morgan fingerprint density at radius 2 is 2.44 bits per heavy atom. The van der Waals surface area contributed by atoms with E-state index in [0.717, 1.165) is 13.1 Å². The second-order valence-electron chi connectivity index (χ2n) is 3.84. The maximum atomic E-state index is 4.34. The third-order valence-corrected chi connectivity index (χ3v) is 3.51. The molecule has 0 aliphatic rings. The first-order chi connectivity index (χ1) is 7.81. The summed E-state index contributed by atoms with van der Waals surface area (Å²) in [5.74, 6) is 0.435. The van der Waals surface area contributed by atoms with Crippen molar-refractivity contribution in [2.75, 3.05) is 7.05 Å². The summed E-state index contributed by atoms with van der Waals surface area (Å²) in [7, 11) is 1.95. The number of nitrogens with one attached hydrogen (secondary N) is 1. The fourth-order valence-electron chi connectivity index (χ4n) is 1.69. The summed E-state index contributed by atoms with van der Waals surface area (Å²) in [6.45, 7) is 3.98. The van der Waals surface area contributed by atoms with Gasteiger partial charge in [-0.3, -0.25) is 0 Å². The van der Waals surface area contributed by atoms with E-state index in [1.165, 1.54) is 10.7 Å². The maximum Gasteiger partial charge on any atom is 0.0970 e. The van der Waals surface area contributed by atoms with Crippen LogP contribution in [0.3, 0.4) is 0 Å². The Morgan fingerprint density at radius 3 is 3.12 bits per heavy atom. The van der Waals surface area contributed by atoms with Gasteiger partial charge in [-0.05, 0) is 7.05 Å². The van der Waals surface area contributed by atoms with Crippen LogP contribution in [0.4, 0.5) is 0 Å². The number of thiazole rings is 1. The van der Waals surface area contributed by atoms with E-state index in [4.69, 9.17) is 0 Å². The van der Waals surface area contributed by atoms with Crippen LogP contribution in [0.5, 0.6) is 0 Å². The molecule has 4 nitrogen and oxygen atoms in total. The molecule has 0 aromatic carbocycles. The van der Waals surface area contributed by atoms with Gasteiger partial charge in [0.2, 0.25) is 0 Å². The Balaban J connectivity index is 2.06. The summed E-state index contributed by atoms with van der Waals surface area (Å²) >= 11 is 1.71. The summed E-state index contributed by atoms with van der Waals surface area (Å²) in [6, 6.07) is 0. The first-order valence-corrected chi connectivity index (χ1v) is 6.22. The zero-order valence-corrected chi connectivity index (χ0v) is 10.4. The molecule has 1 atom stereocenters. The third kappa shape index (κ3) is 2.48. The number of imidazole rings is 1. The minimum Gasteiger partial charge on any atom is -0.333 e. The highest BCUT2D eigenvalue weighted by Crippen LogP contribution is 2.20. The molecule has 2 aromatic heterocycles. The topological polar surface area (TPSA) is 42.7 Å². The fourth-order valence-corrected chi connectivity index (χ4v) is 2.38. The monoisotopic (exact) mass is 236 g/mol. The van der Waals surface area contributed by atoms with Gasteiger partial charge in [-0.25, -0.2) is 9.97 Å². The number of aromatic nitrogens is 3. The van der Waals surface area contributed by atoms with Gasteiger partial charge in [-0.15, -0.1) is 11.3 Å². The molecule has 1 N–H and O–H groups in total. The van der Waals surface area contributed by atoms with E-state index >= 15 is 0 Å². The molecule has 5 heteroatoms. The van der Waals surface area contributed by atoms with E-state index in [1.54, 1.807) is 11.3 Å². The SMILES string of the molecule is CNCc1cncn1CC(C)c1nccs1. The van der Waals surface area contributed by atoms with Crippen LogP contribution < -0.4 is 5.32 Å². The van der Waals surface area contributed by atoms with Crippen LogP contribution in [-0.2, 0) is 13.1 Å². The predicted octanol–water partition coefficient (Wildman–Crippen LogP) is 1.86. The average Bonchev–Trinajstić information content (AvgIpc) is 2.90. The van der Waals surface area contributed by atoms with Crippen LogP contribution >= 0.6 is 11.3 Å². The number of hydrogen-bond acceptors (Lipinski definition) is 4. The van der Waals surface area contributed by atoms with Gasteiger partial charge in [0.25, 0.3) is 0 Å². The normalized spacial score (nSPS) is 12.9. The molecule has 1 unspecified atom stereocenters. The Kier molecular flexibility index (Phi) is 3.69. The summed E-state index contributed by atoms with van der Waals surface area (Å²) in [5, 5.41) is 6.35. The summed E-state index contributed by atoms with van der Waals surface area (Å²) in [4.78, 5) is 8.52. The van der Waals surface area contributed by atoms with Gasteiger partial charge in [0.15, 0.2) is 0 Å². The van der Waals surface area contributed by atoms with E-state index in [9.17, 15) is 0 Å². The zero-order valence-electron chi connectivity index (χ0n) is 9.55. The number of hydrogen-bond donors (Lipinski definition) is 1. The molecule has 2 aromatic rings. The van der Waals surface area contributed by atoms with Gasteiger partial charge in [-0.2, -0.15) is 0 Å². The first kappa shape index (κ1) is 11.3. The van der Waals surface area contributed by atoms with Crippen LogP contribution in [0.15, 0.2) is 24.1 Å². The Morgan fingerprint density at radius 1 is 1.56 bits per heavy atom. The molecular formula is C11H16N4S. The maximum absolute atomic E-state index is 4.34. The predicted molar refractivity (Wildman–Crippen MR) is 65.5 cm³/mol. The standard InChI is InChI=1S/C11H16N4S/c1-9(11-14-3-4-16-11)7-15-8-13-6-10(15)5-12-2/h3-4,6,8-9,12H,5,7H2,1-2H3. The van der Waals surface area contributed by atoms with Crippen LogP contribution in [0.2, 0.25) is 0 Å². The molecule has 16 heavy (non-hydrogen) atoms. The minimum atomic E-state index is 0.435. The average molecular weight is 236 g/mol. The van der Waals surface area contributed by atoms with E-state index in [1.807, 2.05) is 31.1 Å². The molecule has 0 radical (unpaired) electrons. The van der Waals surface area contributed by atoms with Crippen molar-refractivity contribution in [3.63, 3.8) is 0 Å². The van der Waals surface area contributed by atoms with Crippen LogP contribution in [0.1, 0.15) is 23.5 Å². The Labute approximate surface area is 99.4 Å². The van der Waals surface area contributed by atoms with Crippen molar-refractivity contribution >= 4 is 11.3 Å². The van der Waals surface area contributed by atoms with E-state index in [-0.39, 0.29) is 0 Å². The molecule has 2 heterocycles. The highest BCUT2D eigenvalue weighted by molar-refractivity contribution is 7.09. The lowest BCUT2D eigenvalue weighted by atomic mass is 10.2. The van der Waals surface area contributed by atoms with Crippen molar-refractivity contribution in [2.24, 2.45) is 0 Å². The molecule has 0 aliphatic carbocycles. The lowest BCUT2D eigenvalue weighted by Crippen LogP contribution is -2.13. The largest absolute Gasteiger partial charge is 0.333 e. The minimum absolute atomic E-state index is 0.435. The highest BCUT2D eigenvalue weighted by Gasteiger charge is 2.10. The smallest absolute Gasteiger partial charge is 0.0970 e. The van der Waals surface area contributed by atoms with Crippen molar-refractivity contribution < 1.29 is 0 Å². The molecule has 0 spiro atoms. The molecule has 0 saturated heterocycles. The second-order valence-corrected chi connectivity index (χ2v) is 4.77. The zero-order chi connectivity index (χ0) is 11.4. The molecule has 86 valence electrons. The van der Waals surface area contributed by atoms with Gasteiger partial charge in [0.05, 0.1) is 17.0 Å². The molecule has 0 fully saturated rings. The number of rotatable bonds is 5. The molecule has 2 rings (SSSR count). The summed E-state index contributed by atoms with van der Waals surface area (Å²) in [5.41, 5.74) is 1.21. The summed E-state index contributed by atoms with van der Waals surface area (Å²) in [6.07, 6.45) is 5.65. The van der Waals surface area contributed by atoms with Gasteiger partial charge < -0.3 is 9.88 Å². The van der Waals surface area contributed by atoms with E-state index in [0.29, 0.717) is 5.92 Å². The van der Waals surface area contributed by atoms with Crippen molar-refractivity contribution in [3.05, 3.63) is 34.8 Å². The van der Waals surface area contributed by atoms with Crippen LogP contribution in [-0.4, -0.2) is 21.6 Å². The third-order valence-electron chi connectivity index (χ3n) is 2.50. The lowest BCUT2D eigenvalue weighted by Gasteiger charge is -2.12. The molecule has 0 bridgehead atoms. The quantitative estimate of drug-likeness (QED) is 0.861. The molecule has 0 aliphatic heterocycles.